The maximum Gasteiger partial charge on any atom is 0.320 e. The maximum absolute atomic E-state index is 11.8. The molecule has 0 bridgehead atoms. The summed E-state index contributed by atoms with van der Waals surface area (Å²) in [5.41, 5.74) is 3.40. The van der Waals surface area contributed by atoms with Crippen molar-refractivity contribution in [3.63, 3.8) is 0 Å². The van der Waals surface area contributed by atoms with Crippen molar-refractivity contribution in [2.24, 2.45) is 0 Å². The van der Waals surface area contributed by atoms with Crippen LogP contribution in [-0.2, 0) is 11.4 Å². The van der Waals surface area contributed by atoms with Crippen molar-refractivity contribution in [1.29, 1.82) is 0 Å². The van der Waals surface area contributed by atoms with E-state index in [0.717, 1.165) is 29.8 Å². The van der Waals surface area contributed by atoms with Crippen molar-refractivity contribution >= 4 is 17.3 Å². The van der Waals surface area contributed by atoms with Gasteiger partial charge >= 0.3 is 5.97 Å². The summed E-state index contributed by atoms with van der Waals surface area (Å²) in [7, 11) is 0. The van der Waals surface area contributed by atoms with Crippen LogP contribution in [0.2, 0.25) is 0 Å². The molecule has 4 nitrogen and oxygen atoms in total. The van der Waals surface area contributed by atoms with Gasteiger partial charge in [-0.2, -0.15) is 0 Å². The average molecular weight is 408 g/mol. The van der Waals surface area contributed by atoms with Crippen LogP contribution in [0, 0.1) is 6.92 Å². The molecule has 1 N–H and O–H groups in total. The van der Waals surface area contributed by atoms with Gasteiger partial charge in [-0.05, 0) is 60.0 Å². The second-order valence-corrected chi connectivity index (χ2v) is 8.45. The fourth-order valence-electron chi connectivity index (χ4n) is 3.99. The first kappa shape index (κ1) is 19.7. The molecule has 0 aliphatic carbocycles. The van der Waals surface area contributed by atoms with Gasteiger partial charge in [0, 0.05) is 11.4 Å². The van der Waals surface area contributed by atoms with Crippen molar-refractivity contribution < 1.29 is 14.6 Å². The summed E-state index contributed by atoms with van der Waals surface area (Å²) in [4.78, 5) is 15.2. The quantitative estimate of drug-likeness (QED) is 0.579. The molecule has 3 aromatic rings. The lowest BCUT2D eigenvalue weighted by atomic mass is 10.0. The SMILES string of the molecule is Cc1csc(C(c2cccc(OCc3ccccc3)c2)N2CCCC2C(=O)O)c1. The number of carbonyl (C=O) groups is 1. The van der Waals surface area contributed by atoms with Gasteiger partial charge in [0.2, 0.25) is 0 Å². The molecule has 1 aliphatic heterocycles. The number of aliphatic carboxylic acids is 1. The third-order valence-electron chi connectivity index (χ3n) is 5.35. The van der Waals surface area contributed by atoms with Crippen molar-refractivity contribution in [2.45, 2.75) is 38.5 Å². The molecule has 1 saturated heterocycles. The molecule has 2 unspecified atom stereocenters. The van der Waals surface area contributed by atoms with Gasteiger partial charge < -0.3 is 9.84 Å². The topological polar surface area (TPSA) is 49.8 Å². The molecule has 0 radical (unpaired) electrons. The average Bonchev–Trinajstić information content (AvgIpc) is 3.38. The highest BCUT2D eigenvalue weighted by atomic mass is 32.1. The van der Waals surface area contributed by atoms with Crippen LogP contribution in [0.5, 0.6) is 5.75 Å². The summed E-state index contributed by atoms with van der Waals surface area (Å²) in [5, 5.41) is 11.9. The van der Waals surface area contributed by atoms with Crippen LogP contribution < -0.4 is 4.74 Å². The first-order chi connectivity index (χ1) is 14.1. The Hall–Kier alpha value is -2.63. The standard InChI is InChI=1S/C24H25NO3S/c1-17-13-22(29-16-17)23(25-12-6-11-21(25)24(26)27)19-9-5-10-20(14-19)28-15-18-7-3-2-4-8-18/h2-5,7-10,13-14,16,21,23H,6,11-12,15H2,1H3,(H,26,27). The Morgan fingerprint density at radius 1 is 1.21 bits per heavy atom. The van der Waals surface area contributed by atoms with Crippen LogP contribution in [0.15, 0.2) is 66.0 Å². The summed E-state index contributed by atoms with van der Waals surface area (Å²) in [5.74, 6) is 0.0629. The Bertz CT molecular complexity index is 969. The molecule has 1 fully saturated rings. The van der Waals surface area contributed by atoms with Crippen LogP contribution in [0.25, 0.3) is 0 Å². The van der Waals surface area contributed by atoms with Crippen LogP contribution in [0.3, 0.4) is 0 Å². The lowest BCUT2D eigenvalue weighted by Crippen LogP contribution is -2.39. The normalized spacial score (nSPS) is 17.9. The summed E-state index contributed by atoms with van der Waals surface area (Å²) in [6.07, 6.45) is 1.60. The molecular formula is C24H25NO3S. The first-order valence-electron chi connectivity index (χ1n) is 9.92. The zero-order valence-corrected chi connectivity index (χ0v) is 17.3. The summed E-state index contributed by atoms with van der Waals surface area (Å²) >= 11 is 1.69. The lowest BCUT2D eigenvalue weighted by molar-refractivity contribution is -0.142. The highest BCUT2D eigenvalue weighted by molar-refractivity contribution is 7.10. The van der Waals surface area contributed by atoms with E-state index in [1.165, 1.54) is 10.4 Å². The monoisotopic (exact) mass is 407 g/mol. The number of carboxylic acids is 1. The zero-order valence-electron chi connectivity index (χ0n) is 16.5. The second-order valence-electron chi connectivity index (χ2n) is 7.51. The van der Waals surface area contributed by atoms with Gasteiger partial charge in [-0.1, -0.05) is 42.5 Å². The number of aryl methyl sites for hydroxylation is 1. The fraction of sp³-hybridized carbons (Fsp3) is 0.292. The van der Waals surface area contributed by atoms with Crippen molar-refractivity contribution in [3.05, 3.63) is 87.6 Å². The van der Waals surface area contributed by atoms with E-state index in [0.29, 0.717) is 13.0 Å². The number of nitrogens with zero attached hydrogens (tertiary/aromatic N) is 1. The Morgan fingerprint density at radius 3 is 2.76 bits per heavy atom. The number of rotatable bonds is 7. The molecule has 4 rings (SSSR count). The predicted molar refractivity (Wildman–Crippen MR) is 115 cm³/mol. The molecule has 5 heteroatoms. The number of likely N-dealkylation sites (tertiary alicyclic amines) is 1. The van der Waals surface area contributed by atoms with Gasteiger partial charge in [0.25, 0.3) is 0 Å². The molecular weight excluding hydrogens is 382 g/mol. The van der Waals surface area contributed by atoms with E-state index in [9.17, 15) is 9.90 Å². The Morgan fingerprint density at radius 2 is 2.03 bits per heavy atom. The van der Waals surface area contributed by atoms with Gasteiger partial charge in [-0.25, -0.2) is 0 Å². The van der Waals surface area contributed by atoms with E-state index in [1.54, 1.807) is 11.3 Å². The third kappa shape index (κ3) is 4.52. The van der Waals surface area contributed by atoms with Crippen molar-refractivity contribution in [1.82, 2.24) is 4.90 Å². The number of carboxylic acid groups (broad SMARTS) is 1. The van der Waals surface area contributed by atoms with E-state index in [2.05, 4.69) is 35.4 Å². The van der Waals surface area contributed by atoms with E-state index in [4.69, 9.17) is 4.74 Å². The van der Waals surface area contributed by atoms with Crippen LogP contribution in [0.4, 0.5) is 0 Å². The second kappa shape index (κ2) is 8.80. The van der Waals surface area contributed by atoms with Gasteiger partial charge in [-0.3, -0.25) is 9.69 Å². The molecule has 0 saturated carbocycles. The highest BCUT2D eigenvalue weighted by Crippen LogP contribution is 2.38. The molecule has 29 heavy (non-hydrogen) atoms. The van der Waals surface area contributed by atoms with E-state index >= 15 is 0 Å². The van der Waals surface area contributed by atoms with E-state index in [-0.39, 0.29) is 6.04 Å². The minimum absolute atomic E-state index is 0.0717. The number of ether oxygens (including phenoxy) is 1. The Kier molecular flexibility index (Phi) is 5.97. The maximum atomic E-state index is 11.8. The molecule has 2 heterocycles. The van der Waals surface area contributed by atoms with Crippen molar-refractivity contribution in [3.8, 4) is 5.75 Å². The van der Waals surface area contributed by atoms with Gasteiger partial charge in [-0.15, -0.1) is 11.3 Å². The number of hydrogen-bond acceptors (Lipinski definition) is 4. The van der Waals surface area contributed by atoms with Gasteiger partial charge in [0.15, 0.2) is 0 Å². The molecule has 2 atom stereocenters. The lowest BCUT2D eigenvalue weighted by Gasteiger charge is -2.31. The van der Waals surface area contributed by atoms with Crippen LogP contribution in [0.1, 0.15) is 40.5 Å². The number of thiophene rings is 1. The van der Waals surface area contributed by atoms with Gasteiger partial charge in [0.05, 0.1) is 6.04 Å². The minimum Gasteiger partial charge on any atom is -0.489 e. The summed E-state index contributed by atoms with van der Waals surface area (Å²) in [6, 6.07) is 19.8. The number of benzene rings is 2. The van der Waals surface area contributed by atoms with E-state index < -0.39 is 12.0 Å². The fourth-order valence-corrected chi connectivity index (χ4v) is 5.04. The molecule has 1 aromatic heterocycles. The van der Waals surface area contributed by atoms with Gasteiger partial charge in [0.1, 0.15) is 18.4 Å². The zero-order chi connectivity index (χ0) is 20.2. The van der Waals surface area contributed by atoms with Crippen molar-refractivity contribution in [2.75, 3.05) is 6.54 Å². The molecule has 1 aliphatic rings. The smallest absolute Gasteiger partial charge is 0.320 e. The molecule has 2 aromatic carbocycles. The van der Waals surface area contributed by atoms with E-state index in [1.807, 2.05) is 42.5 Å². The Labute approximate surface area is 175 Å². The predicted octanol–water partition coefficient (Wildman–Crippen LogP) is 5.27. The summed E-state index contributed by atoms with van der Waals surface area (Å²) < 4.78 is 6.03. The molecule has 0 amide bonds. The molecule has 0 spiro atoms. The Balaban J connectivity index is 1.63. The highest BCUT2D eigenvalue weighted by Gasteiger charge is 2.37. The van der Waals surface area contributed by atoms with Crippen LogP contribution >= 0.6 is 11.3 Å². The molecule has 150 valence electrons. The largest absolute Gasteiger partial charge is 0.489 e. The number of hydrogen-bond donors (Lipinski definition) is 1. The summed E-state index contributed by atoms with van der Waals surface area (Å²) in [6.45, 7) is 3.37. The van der Waals surface area contributed by atoms with Crippen LogP contribution in [-0.4, -0.2) is 28.6 Å². The third-order valence-corrected chi connectivity index (χ3v) is 6.46. The minimum atomic E-state index is -0.739. The first-order valence-corrected chi connectivity index (χ1v) is 10.8.